The molecule has 11 heavy (non-hydrogen) atoms. The van der Waals surface area contributed by atoms with Gasteiger partial charge in [0.2, 0.25) is 0 Å². The smallest absolute Gasteiger partial charge is 0.143 e. The van der Waals surface area contributed by atoms with Crippen LogP contribution >= 0.6 is 0 Å². The van der Waals surface area contributed by atoms with Gasteiger partial charge < -0.3 is 20.5 Å². The maximum absolute atomic E-state index is 8.30. The maximum atomic E-state index is 8.30. The second-order valence-electron chi connectivity index (χ2n) is 2.85. The van der Waals surface area contributed by atoms with Crippen LogP contribution in [0.25, 0.3) is 0 Å². The van der Waals surface area contributed by atoms with Crippen molar-refractivity contribution >= 4 is 0 Å². The second-order valence-corrected chi connectivity index (χ2v) is 2.85. The van der Waals surface area contributed by atoms with Gasteiger partial charge in [-0.05, 0) is 27.1 Å². The van der Waals surface area contributed by atoms with E-state index in [1.54, 1.807) is 0 Å². The lowest BCUT2D eigenvalue weighted by Gasteiger charge is -2.14. The number of nitrogens with zero attached hydrogens (tertiary/aromatic N) is 1. The summed E-state index contributed by atoms with van der Waals surface area (Å²) in [6.07, 6.45) is 0.896. The van der Waals surface area contributed by atoms with E-state index in [4.69, 9.17) is 15.6 Å². The predicted molar refractivity (Wildman–Crippen MR) is 44.2 cm³/mol. The van der Waals surface area contributed by atoms with E-state index in [0.717, 1.165) is 13.0 Å². The molecule has 0 aliphatic rings. The number of rotatable bonds is 6. The van der Waals surface area contributed by atoms with E-state index in [1.165, 1.54) is 0 Å². The van der Waals surface area contributed by atoms with Crippen molar-refractivity contribution < 1.29 is 9.84 Å². The van der Waals surface area contributed by atoms with E-state index >= 15 is 0 Å². The van der Waals surface area contributed by atoms with E-state index in [0.29, 0.717) is 6.61 Å². The normalized spacial score (nSPS) is 13.9. The third-order valence-corrected chi connectivity index (χ3v) is 1.37. The molecule has 0 saturated heterocycles. The van der Waals surface area contributed by atoms with E-state index < -0.39 is 0 Å². The Kier molecular flexibility index (Phi) is 6.45. The van der Waals surface area contributed by atoms with Crippen molar-refractivity contribution in [2.75, 3.05) is 34.0 Å². The highest BCUT2D eigenvalue weighted by Gasteiger charge is 2.01. The van der Waals surface area contributed by atoms with Crippen LogP contribution in [0, 0.1) is 0 Å². The fourth-order valence-corrected chi connectivity index (χ4v) is 0.711. The minimum absolute atomic E-state index is 0.0320. The molecule has 0 aromatic carbocycles. The molecule has 1 atom stereocenters. The van der Waals surface area contributed by atoms with Gasteiger partial charge in [0.15, 0.2) is 0 Å². The summed E-state index contributed by atoms with van der Waals surface area (Å²) in [4.78, 5) is 2.07. The van der Waals surface area contributed by atoms with Crippen molar-refractivity contribution in [3.05, 3.63) is 0 Å². The average Bonchev–Trinajstić information content (AvgIpc) is 1.97. The Hall–Kier alpha value is -0.160. The Morgan fingerprint density at radius 2 is 2.18 bits per heavy atom. The molecule has 1 unspecified atom stereocenters. The topological polar surface area (TPSA) is 58.7 Å². The van der Waals surface area contributed by atoms with Crippen molar-refractivity contribution in [1.82, 2.24) is 4.90 Å². The van der Waals surface area contributed by atoms with Gasteiger partial charge in [-0.2, -0.15) is 0 Å². The summed E-state index contributed by atoms with van der Waals surface area (Å²) in [5.74, 6) is 0. The third-order valence-electron chi connectivity index (χ3n) is 1.37. The molecule has 4 nitrogen and oxygen atoms in total. The summed E-state index contributed by atoms with van der Waals surface area (Å²) >= 11 is 0. The number of nitrogens with two attached hydrogens (primary N) is 1. The molecule has 0 heterocycles. The molecule has 0 radical (unpaired) electrons. The van der Waals surface area contributed by atoms with Gasteiger partial charge in [0.25, 0.3) is 0 Å². The highest BCUT2D eigenvalue weighted by atomic mass is 16.6. The van der Waals surface area contributed by atoms with Crippen LogP contribution in [0.15, 0.2) is 0 Å². The zero-order valence-corrected chi connectivity index (χ0v) is 7.29. The van der Waals surface area contributed by atoms with Crippen LogP contribution < -0.4 is 5.73 Å². The Balaban J connectivity index is 3.15. The van der Waals surface area contributed by atoms with E-state index in [-0.39, 0.29) is 12.8 Å². The number of hydrogen-bond donors (Lipinski definition) is 2. The first-order valence-electron chi connectivity index (χ1n) is 3.75. The summed E-state index contributed by atoms with van der Waals surface area (Å²) < 4.78 is 4.74. The van der Waals surface area contributed by atoms with Crippen molar-refractivity contribution in [1.29, 1.82) is 0 Å². The molecule has 0 aliphatic heterocycles. The second kappa shape index (κ2) is 6.54. The van der Waals surface area contributed by atoms with Gasteiger partial charge in [0.05, 0.1) is 6.61 Å². The average molecular weight is 162 g/mol. The third kappa shape index (κ3) is 7.74. The highest BCUT2D eigenvalue weighted by molar-refractivity contribution is 4.60. The SMILES string of the molecule is CN(C)CCC(N)COCO. The summed E-state index contributed by atoms with van der Waals surface area (Å²) in [7, 11) is 4.00. The minimum Gasteiger partial charge on any atom is -0.371 e. The minimum atomic E-state index is -0.240. The van der Waals surface area contributed by atoms with Gasteiger partial charge in [-0.15, -0.1) is 0 Å². The molecule has 0 amide bonds. The van der Waals surface area contributed by atoms with Crippen LogP contribution in [0.1, 0.15) is 6.42 Å². The van der Waals surface area contributed by atoms with E-state index in [1.807, 2.05) is 14.1 Å². The molecule has 0 spiro atoms. The van der Waals surface area contributed by atoms with E-state index in [9.17, 15) is 0 Å². The van der Waals surface area contributed by atoms with Crippen molar-refractivity contribution in [2.45, 2.75) is 12.5 Å². The summed E-state index contributed by atoms with van der Waals surface area (Å²) in [5.41, 5.74) is 5.65. The lowest BCUT2D eigenvalue weighted by molar-refractivity contribution is -0.00827. The Morgan fingerprint density at radius 3 is 2.64 bits per heavy atom. The fourth-order valence-electron chi connectivity index (χ4n) is 0.711. The molecule has 0 saturated carbocycles. The fraction of sp³-hybridized carbons (Fsp3) is 1.00. The van der Waals surface area contributed by atoms with E-state index in [2.05, 4.69) is 4.90 Å². The molecule has 0 fully saturated rings. The van der Waals surface area contributed by atoms with Crippen LogP contribution in [0.3, 0.4) is 0 Å². The molecule has 0 aromatic heterocycles. The maximum Gasteiger partial charge on any atom is 0.143 e. The number of aliphatic hydroxyl groups excluding tert-OH is 1. The Morgan fingerprint density at radius 1 is 1.55 bits per heavy atom. The molecule has 0 aliphatic carbocycles. The Bertz CT molecular complexity index is 88.5. The Labute approximate surface area is 67.9 Å². The zero-order chi connectivity index (χ0) is 8.69. The van der Waals surface area contributed by atoms with Gasteiger partial charge in [-0.1, -0.05) is 0 Å². The largest absolute Gasteiger partial charge is 0.371 e. The van der Waals surface area contributed by atoms with Crippen molar-refractivity contribution in [2.24, 2.45) is 5.73 Å². The van der Waals surface area contributed by atoms with Crippen LogP contribution in [0.2, 0.25) is 0 Å². The molecule has 3 N–H and O–H groups in total. The van der Waals surface area contributed by atoms with Gasteiger partial charge in [-0.25, -0.2) is 0 Å². The lowest BCUT2D eigenvalue weighted by Crippen LogP contribution is -2.30. The first-order chi connectivity index (χ1) is 5.16. The number of aliphatic hydroxyl groups is 1. The van der Waals surface area contributed by atoms with Gasteiger partial charge in [0, 0.05) is 6.04 Å². The van der Waals surface area contributed by atoms with Gasteiger partial charge >= 0.3 is 0 Å². The van der Waals surface area contributed by atoms with Gasteiger partial charge in [0.1, 0.15) is 6.79 Å². The zero-order valence-electron chi connectivity index (χ0n) is 7.29. The molecule has 0 rings (SSSR count). The molecular formula is C7H18N2O2. The molecular weight excluding hydrogens is 144 g/mol. The van der Waals surface area contributed by atoms with Gasteiger partial charge in [-0.3, -0.25) is 0 Å². The summed E-state index contributed by atoms with van der Waals surface area (Å²) in [6, 6.07) is 0.0320. The molecule has 0 aromatic rings. The first kappa shape index (κ1) is 10.8. The van der Waals surface area contributed by atoms with Crippen LogP contribution in [-0.2, 0) is 4.74 Å². The van der Waals surface area contributed by atoms with Crippen molar-refractivity contribution in [3.63, 3.8) is 0 Å². The molecule has 0 bridgehead atoms. The first-order valence-corrected chi connectivity index (χ1v) is 3.75. The summed E-state index contributed by atoms with van der Waals surface area (Å²) in [5, 5.41) is 8.30. The molecule has 68 valence electrons. The lowest BCUT2D eigenvalue weighted by atomic mass is 10.2. The quantitative estimate of drug-likeness (QED) is 0.504. The number of ether oxygens (including phenoxy) is 1. The van der Waals surface area contributed by atoms with Crippen LogP contribution in [0.5, 0.6) is 0 Å². The van der Waals surface area contributed by atoms with Crippen LogP contribution in [0.4, 0.5) is 0 Å². The highest BCUT2D eigenvalue weighted by Crippen LogP contribution is 1.90. The molecule has 4 heteroatoms. The monoisotopic (exact) mass is 162 g/mol. The van der Waals surface area contributed by atoms with Crippen molar-refractivity contribution in [3.8, 4) is 0 Å². The summed E-state index contributed by atoms with van der Waals surface area (Å²) in [6.45, 7) is 1.15. The predicted octanol–water partition coefficient (Wildman–Crippen LogP) is -0.768. The number of hydrogen-bond acceptors (Lipinski definition) is 4. The standard InChI is InChI=1S/C7H18N2O2/c1-9(2)4-3-7(8)5-11-6-10/h7,10H,3-6,8H2,1-2H3. The van der Waals surface area contributed by atoms with Crippen LogP contribution in [-0.4, -0.2) is 50.1 Å².